The highest BCUT2D eigenvalue weighted by molar-refractivity contribution is 5.90. The van der Waals surface area contributed by atoms with Crippen molar-refractivity contribution in [2.24, 2.45) is 0 Å². The standard InChI is InChI=1S/C13H14O2/c1-2-15-13(14)12-8-7-10-5-3-4-6-11(10)9-12/h3,5,7-9H,2,4,6H2,1H3. The molecule has 0 fully saturated rings. The van der Waals surface area contributed by atoms with Crippen LogP contribution in [0, 0.1) is 0 Å². The molecule has 2 heteroatoms. The Bertz CT molecular complexity index is 405. The minimum Gasteiger partial charge on any atom is -0.462 e. The van der Waals surface area contributed by atoms with Crippen molar-refractivity contribution < 1.29 is 9.53 Å². The second-order valence-electron chi connectivity index (χ2n) is 3.58. The lowest BCUT2D eigenvalue weighted by atomic mass is 9.95. The molecule has 1 aromatic carbocycles. The largest absolute Gasteiger partial charge is 0.462 e. The lowest BCUT2D eigenvalue weighted by Crippen LogP contribution is -2.06. The van der Waals surface area contributed by atoms with E-state index in [1.54, 1.807) is 0 Å². The maximum atomic E-state index is 11.5. The number of rotatable bonds is 2. The van der Waals surface area contributed by atoms with Gasteiger partial charge < -0.3 is 4.74 Å². The van der Waals surface area contributed by atoms with Gasteiger partial charge in [0.05, 0.1) is 12.2 Å². The lowest BCUT2D eigenvalue weighted by molar-refractivity contribution is 0.0526. The number of esters is 1. The molecule has 0 atom stereocenters. The van der Waals surface area contributed by atoms with Crippen LogP contribution in [-0.4, -0.2) is 12.6 Å². The predicted molar refractivity (Wildman–Crippen MR) is 59.8 cm³/mol. The van der Waals surface area contributed by atoms with Crippen molar-refractivity contribution in [1.82, 2.24) is 0 Å². The maximum Gasteiger partial charge on any atom is 0.338 e. The predicted octanol–water partition coefficient (Wildman–Crippen LogP) is 2.82. The number of carbonyl (C=O) groups is 1. The summed E-state index contributed by atoms with van der Waals surface area (Å²) in [4.78, 5) is 11.5. The highest BCUT2D eigenvalue weighted by atomic mass is 16.5. The quantitative estimate of drug-likeness (QED) is 0.689. The Kier molecular flexibility index (Phi) is 2.86. The molecule has 15 heavy (non-hydrogen) atoms. The van der Waals surface area contributed by atoms with Crippen molar-refractivity contribution in [3.63, 3.8) is 0 Å². The molecule has 0 spiro atoms. The number of ether oxygens (including phenoxy) is 1. The molecule has 0 bridgehead atoms. The van der Waals surface area contributed by atoms with Gasteiger partial charge in [-0.05, 0) is 43.0 Å². The van der Waals surface area contributed by atoms with Gasteiger partial charge in [0.2, 0.25) is 0 Å². The van der Waals surface area contributed by atoms with Gasteiger partial charge in [0.25, 0.3) is 0 Å². The van der Waals surface area contributed by atoms with Gasteiger partial charge >= 0.3 is 5.97 Å². The fourth-order valence-corrected chi connectivity index (χ4v) is 1.78. The summed E-state index contributed by atoms with van der Waals surface area (Å²) in [5, 5.41) is 0. The van der Waals surface area contributed by atoms with Crippen LogP contribution in [0.2, 0.25) is 0 Å². The van der Waals surface area contributed by atoms with Crippen LogP contribution in [-0.2, 0) is 11.2 Å². The molecule has 1 aromatic rings. The van der Waals surface area contributed by atoms with Crippen LogP contribution in [0.4, 0.5) is 0 Å². The first kappa shape index (κ1) is 9.97. The van der Waals surface area contributed by atoms with E-state index in [1.807, 2.05) is 25.1 Å². The number of benzene rings is 1. The van der Waals surface area contributed by atoms with Gasteiger partial charge in [-0.25, -0.2) is 4.79 Å². The van der Waals surface area contributed by atoms with Crippen LogP contribution < -0.4 is 0 Å². The average Bonchev–Trinajstić information content (AvgIpc) is 2.29. The molecular formula is C13H14O2. The molecule has 0 N–H and O–H groups in total. The number of carbonyl (C=O) groups excluding carboxylic acids is 1. The van der Waals surface area contributed by atoms with Gasteiger partial charge in [-0.15, -0.1) is 0 Å². The first-order valence-corrected chi connectivity index (χ1v) is 5.28. The van der Waals surface area contributed by atoms with Gasteiger partial charge in [-0.2, -0.15) is 0 Å². The van der Waals surface area contributed by atoms with Crippen molar-refractivity contribution in [2.45, 2.75) is 19.8 Å². The van der Waals surface area contributed by atoms with Crippen LogP contribution in [0.5, 0.6) is 0 Å². The first-order valence-electron chi connectivity index (χ1n) is 5.28. The zero-order valence-electron chi connectivity index (χ0n) is 8.82. The summed E-state index contributed by atoms with van der Waals surface area (Å²) in [5.41, 5.74) is 3.11. The molecule has 0 aliphatic heterocycles. The van der Waals surface area contributed by atoms with Crippen molar-refractivity contribution in [3.05, 3.63) is 41.0 Å². The molecule has 1 aliphatic rings. The average molecular weight is 202 g/mol. The molecule has 0 saturated heterocycles. The third-order valence-electron chi connectivity index (χ3n) is 2.53. The Balaban J connectivity index is 2.28. The van der Waals surface area contributed by atoms with Crippen molar-refractivity contribution >= 4 is 12.0 Å². The molecule has 0 unspecified atom stereocenters. The van der Waals surface area contributed by atoms with Crippen LogP contribution in [0.1, 0.15) is 34.8 Å². The summed E-state index contributed by atoms with van der Waals surface area (Å²) in [6, 6.07) is 5.75. The van der Waals surface area contributed by atoms with Gasteiger partial charge in [0, 0.05) is 0 Å². The third kappa shape index (κ3) is 2.09. The first-order chi connectivity index (χ1) is 7.31. The van der Waals surface area contributed by atoms with Crippen LogP contribution in [0.3, 0.4) is 0 Å². The van der Waals surface area contributed by atoms with Crippen molar-refractivity contribution in [2.75, 3.05) is 6.61 Å². The van der Waals surface area contributed by atoms with Crippen LogP contribution >= 0.6 is 0 Å². The van der Waals surface area contributed by atoms with Crippen molar-refractivity contribution in [3.8, 4) is 0 Å². The van der Waals surface area contributed by atoms with E-state index >= 15 is 0 Å². The van der Waals surface area contributed by atoms with Gasteiger partial charge in [0.1, 0.15) is 0 Å². The Labute approximate surface area is 89.6 Å². The van der Waals surface area contributed by atoms with Gasteiger partial charge in [0.15, 0.2) is 0 Å². The van der Waals surface area contributed by atoms with E-state index in [2.05, 4.69) is 12.2 Å². The molecule has 78 valence electrons. The number of hydrogen-bond donors (Lipinski definition) is 0. The van der Waals surface area contributed by atoms with E-state index in [0.29, 0.717) is 12.2 Å². The molecule has 2 nitrogen and oxygen atoms in total. The molecule has 0 radical (unpaired) electrons. The smallest absolute Gasteiger partial charge is 0.338 e. The zero-order chi connectivity index (χ0) is 10.7. The second kappa shape index (κ2) is 4.30. The maximum absolute atomic E-state index is 11.5. The molecule has 0 aromatic heterocycles. The molecule has 0 amide bonds. The summed E-state index contributed by atoms with van der Waals surface area (Å²) in [7, 11) is 0. The summed E-state index contributed by atoms with van der Waals surface area (Å²) in [5.74, 6) is -0.227. The Morgan fingerprint density at radius 2 is 2.33 bits per heavy atom. The number of fused-ring (bicyclic) bond motifs is 1. The Hall–Kier alpha value is -1.57. The Morgan fingerprint density at radius 3 is 3.13 bits per heavy atom. The minimum atomic E-state index is -0.227. The molecular weight excluding hydrogens is 188 g/mol. The Morgan fingerprint density at radius 1 is 1.47 bits per heavy atom. The van der Waals surface area contributed by atoms with E-state index in [-0.39, 0.29) is 5.97 Å². The van der Waals surface area contributed by atoms with Gasteiger partial charge in [-0.3, -0.25) is 0 Å². The fourth-order valence-electron chi connectivity index (χ4n) is 1.78. The third-order valence-corrected chi connectivity index (χ3v) is 2.53. The number of allylic oxidation sites excluding steroid dienone is 1. The molecule has 2 rings (SSSR count). The van der Waals surface area contributed by atoms with Crippen LogP contribution in [0.25, 0.3) is 6.08 Å². The topological polar surface area (TPSA) is 26.3 Å². The molecule has 0 saturated carbocycles. The summed E-state index contributed by atoms with van der Waals surface area (Å²) >= 11 is 0. The van der Waals surface area contributed by atoms with E-state index < -0.39 is 0 Å². The van der Waals surface area contributed by atoms with E-state index in [9.17, 15) is 4.79 Å². The summed E-state index contributed by atoms with van der Waals surface area (Å²) in [6.45, 7) is 2.24. The fraction of sp³-hybridized carbons (Fsp3) is 0.308. The minimum absolute atomic E-state index is 0.227. The van der Waals surface area contributed by atoms with E-state index in [4.69, 9.17) is 4.74 Å². The van der Waals surface area contributed by atoms with Crippen molar-refractivity contribution in [1.29, 1.82) is 0 Å². The summed E-state index contributed by atoms with van der Waals surface area (Å²) < 4.78 is 4.96. The van der Waals surface area contributed by atoms with E-state index in [0.717, 1.165) is 12.8 Å². The van der Waals surface area contributed by atoms with Gasteiger partial charge in [-0.1, -0.05) is 18.2 Å². The SMILES string of the molecule is CCOC(=O)c1ccc2c(c1)CCC=C2. The van der Waals surface area contributed by atoms with E-state index in [1.165, 1.54) is 11.1 Å². The monoisotopic (exact) mass is 202 g/mol. The normalized spacial score (nSPS) is 13.4. The van der Waals surface area contributed by atoms with Crippen LogP contribution in [0.15, 0.2) is 24.3 Å². The summed E-state index contributed by atoms with van der Waals surface area (Å²) in [6.07, 6.45) is 6.33. The lowest BCUT2D eigenvalue weighted by Gasteiger charge is -2.11. The molecule has 0 heterocycles. The number of hydrogen-bond acceptors (Lipinski definition) is 2. The number of aryl methyl sites for hydroxylation is 1. The highest BCUT2D eigenvalue weighted by Crippen LogP contribution is 2.20. The highest BCUT2D eigenvalue weighted by Gasteiger charge is 2.10. The molecule has 1 aliphatic carbocycles. The zero-order valence-corrected chi connectivity index (χ0v) is 8.82. The second-order valence-corrected chi connectivity index (χ2v) is 3.58.